The van der Waals surface area contributed by atoms with Crippen molar-refractivity contribution in [2.24, 2.45) is 19.3 Å². The van der Waals surface area contributed by atoms with Gasteiger partial charge in [0.1, 0.15) is 51.6 Å². The van der Waals surface area contributed by atoms with Crippen LogP contribution in [0.1, 0.15) is 0 Å². The molecule has 0 fully saturated rings. The molecule has 0 saturated heterocycles. The number of hydrogen-bond acceptors (Lipinski definition) is 10. The molecule has 0 aliphatic carbocycles. The summed E-state index contributed by atoms with van der Waals surface area (Å²) in [7, 11) is 0. The molecule has 0 radical (unpaired) electrons. The first-order valence-corrected chi connectivity index (χ1v) is 6.93. The molecule has 0 bridgehead atoms. The standard InChI is InChI=1S/C4Br2Cl2N8O8/c5-3(13(17)18,14(19)20)1(9-7)11-12-2(10-8)4(6,15(21)22)16(23)24/b9-1-,10-2-,12-11-. The smallest absolute Gasteiger partial charge is 0.257 e. The van der Waals surface area contributed by atoms with Gasteiger partial charge in [-0.15, -0.1) is 19.3 Å². The van der Waals surface area contributed by atoms with Crippen LogP contribution in [0.4, 0.5) is 0 Å². The van der Waals surface area contributed by atoms with Crippen LogP contribution in [0.5, 0.6) is 0 Å². The highest BCUT2D eigenvalue weighted by atomic mass is 79.9. The number of azo groups is 1. The maximum Gasteiger partial charge on any atom is 0.573 e. The van der Waals surface area contributed by atoms with E-state index in [2.05, 4.69) is 51.1 Å². The minimum absolute atomic E-state index is 1.43. The molecule has 16 nitrogen and oxygen atoms in total. The molecule has 0 atom stereocenters. The second-order valence-corrected chi connectivity index (χ2v) is 5.77. The molecular weight excluding hydrogens is 519 g/mol. The zero-order chi connectivity index (χ0) is 19.3. The van der Waals surface area contributed by atoms with E-state index in [0.717, 1.165) is 0 Å². The van der Waals surface area contributed by atoms with Gasteiger partial charge in [0.25, 0.3) is 0 Å². The first-order valence-electron chi connectivity index (χ1n) is 4.67. The molecule has 0 aromatic heterocycles. The Labute approximate surface area is 155 Å². The summed E-state index contributed by atoms with van der Waals surface area (Å²) in [4.78, 5) is 37.1. The summed E-state index contributed by atoms with van der Waals surface area (Å²) in [5.41, 5.74) is 0. The zero-order valence-corrected chi connectivity index (χ0v) is 15.0. The Balaban J connectivity index is 6.11. The highest BCUT2D eigenvalue weighted by molar-refractivity contribution is 9.10. The summed E-state index contributed by atoms with van der Waals surface area (Å²) in [5.74, 6) is -2.86. The Kier molecular flexibility index (Phi) is 7.60. The number of hydrogen-bond donors (Lipinski definition) is 0. The van der Waals surface area contributed by atoms with Crippen LogP contribution in [-0.2, 0) is 0 Å². The molecule has 132 valence electrons. The minimum Gasteiger partial charge on any atom is -0.257 e. The van der Waals surface area contributed by atoms with Crippen LogP contribution in [0.25, 0.3) is 0 Å². The lowest BCUT2D eigenvalue weighted by molar-refractivity contribution is -0.735. The molecule has 0 spiro atoms. The van der Waals surface area contributed by atoms with Crippen molar-refractivity contribution in [1.29, 1.82) is 0 Å². The van der Waals surface area contributed by atoms with Gasteiger partial charge in [-0.1, -0.05) is 0 Å². The van der Waals surface area contributed by atoms with E-state index in [9.17, 15) is 40.5 Å². The highest BCUT2D eigenvalue weighted by Gasteiger charge is 2.63. The van der Waals surface area contributed by atoms with Crippen molar-refractivity contribution in [3.63, 3.8) is 0 Å². The van der Waals surface area contributed by atoms with Gasteiger partial charge in [0.05, 0.1) is 0 Å². The van der Waals surface area contributed by atoms with Crippen LogP contribution in [-0.4, -0.2) is 40.5 Å². The Hall–Kier alpha value is -1.92. The molecule has 0 amide bonds. The van der Waals surface area contributed by atoms with Crippen LogP contribution in [0, 0.1) is 40.5 Å². The average molecular weight is 519 g/mol. The lowest BCUT2D eigenvalue weighted by Crippen LogP contribution is -2.48. The lowest BCUT2D eigenvalue weighted by Gasteiger charge is -2.09. The van der Waals surface area contributed by atoms with Gasteiger partial charge in [-0.25, -0.2) is 0 Å². The van der Waals surface area contributed by atoms with Gasteiger partial charge in [-0.3, -0.25) is 40.5 Å². The van der Waals surface area contributed by atoms with E-state index in [1.54, 1.807) is 0 Å². The van der Waals surface area contributed by atoms with Crippen molar-refractivity contribution < 1.29 is 19.7 Å². The Morgan fingerprint density at radius 1 is 0.708 bits per heavy atom. The molecular formula is C4Br2Cl2N8O8. The highest BCUT2D eigenvalue weighted by Crippen LogP contribution is 2.26. The average Bonchev–Trinajstić information content (AvgIpc) is 2.49. The third kappa shape index (κ3) is 3.94. The molecule has 0 aromatic rings. The van der Waals surface area contributed by atoms with E-state index in [1.807, 2.05) is 0 Å². The molecule has 0 aromatic carbocycles. The first kappa shape index (κ1) is 22.1. The van der Waals surface area contributed by atoms with E-state index in [1.165, 1.54) is 0 Å². The number of amidine groups is 2. The van der Waals surface area contributed by atoms with Crippen molar-refractivity contribution in [1.82, 2.24) is 0 Å². The summed E-state index contributed by atoms with van der Waals surface area (Å²) in [5, 5.41) is 48.8. The number of nitro groups is 4. The normalized spacial score (nSPS) is 13.8. The molecule has 0 rings (SSSR count). The second kappa shape index (κ2) is 8.26. The van der Waals surface area contributed by atoms with E-state index in [-0.39, 0.29) is 0 Å². The fourth-order valence-electron chi connectivity index (χ4n) is 0.823. The summed E-state index contributed by atoms with van der Waals surface area (Å²) in [6.45, 7) is 0. The minimum atomic E-state index is -3.38. The van der Waals surface area contributed by atoms with Gasteiger partial charge in [0.15, 0.2) is 0 Å². The molecule has 0 heterocycles. The fraction of sp³-hybridized carbons (Fsp3) is 0.500. The molecule has 24 heavy (non-hydrogen) atoms. The number of nitrogens with zero attached hydrogens (tertiary/aromatic N) is 8. The van der Waals surface area contributed by atoms with Crippen molar-refractivity contribution in [3.8, 4) is 0 Å². The predicted molar refractivity (Wildman–Crippen MR) is 82.7 cm³/mol. The fourth-order valence-corrected chi connectivity index (χ4v) is 1.67. The van der Waals surface area contributed by atoms with E-state index >= 15 is 0 Å². The van der Waals surface area contributed by atoms with E-state index in [0.29, 0.717) is 0 Å². The summed E-state index contributed by atoms with van der Waals surface area (Å²) < 4.78 is -1.51. The Morgan fingerprint density at radius 3 is 1.04 bits per heavy atom. The topological polar surface area (TPSA) is 222 Å². The van der Waals surface area contributed by atoms with Crippen LogP contribution in [0.2, 0.25) is 0 Å². The largest absolute Gasteiger partial charge is 0.573 e. The van der Waals surface area contributed by atoms with Crippen LogP contribution in [0.3, 0.4) is 0 Å². The molecule has 0 N–H and O–H groups in total. The Bertz CT molecular complexity index is 595. The van der Waals surface area contributed by atoms with E-state index < -0.39 is 40.5 Å². The zero-order valence-electron chi connectivity index (χ0n) is 10.4. The third-order valence-corrected chi connectivity index (χ3v) is 4.12. The summed E-state index contributed by atoms with van der Waals surface area (Å²) in [6, 6.07) is 0. The maximum atomic E-state index is 10.8. The maximum absolute atomic E-state index is 10.8. The summed E-state index contributed by atoms with van der Waals surface area (Å²) in [6.07, 6.45) is 0. The molecule has 0 aliphatic rings. The van der Waals surface area contributed by atoms with Crippen molar-refractivity contribution in [2.75, 3.05) is 0 Å². The van der Waals surface area contributed by atoms with Crippen molar-refractivity contribution in [3.05, 3.63) is 40.5 Å². The van der Waals surface area contributed by atoms with Gasteiger partial charge in [0, 0.05) is 23.6 Å². The number of rotatable bonds is 6. The molecule has 0 aliphatic heterocycles. The third-order valence-electron chi connectivity index (χ3n) is 1.94. The van der Waals surface area contributed by atoms with Crippen LogP contribution >= 0.6 is 55.4 Å². The second-order valence-electron chi connectivity index (χ2n) is 3.22. The van der Waals surface area contributed by atoms with Gasteiger partial charge in [-0.2, -0.15) is 0 Å². The molecule has 0 unspecified atom stereocenters. The van der Waals surface area contributed by atoms with Gasteiger partial charge >= 0.3 is 20.8 Å². The van der Waals surface area contributed by atoms with Crippen LogP contribution < -0.4 is 0 Å². The number of halogens is 4. The van der Waals surface area contributed by atoms with Gasteiger partial charge < -0.3 is 0 Å². The van der Waals surface area contributed by atoms with Crippen molar-refractivity contribution in [2.45, 2.75) is 9.14 Å². The quantitative estimate of drug-likeness (QED) is 0.0733. The van der Waals surface area contributed by atoms with Crippen molar-refractivity contribution >= 4 is 67.1 Å². The molecule has 20 heteroatoms. The SMILES string of the molecule is O=[N+]([O-])C(Br)(C(/N=N\C(=N/Cl)C(Br)([N+](=O)[O-])[N+](=O)[O-])=N/Cl)[N+](=O)[O-]. The lowest BCUT2D eigenvalue weighted by atomic mass is 10.5. The number of alkyl halides is 2. The monoisotopic (exact) mass is 516 g/mol. The van der Waals surface area contributed by atoms with Gasteiger partial charge in [-0.05, 0) is 0 Å². The van der Waals surface area contributed by atoms with E-state index in [4.69, 9.17) is 23.6 Å². The summed E-state index contributed by atoms with van der Waals surface area (Å²) >= 11 is 14.1. The van der Waals surface area contributed by atoms with Crippen LogP contribution in [0.15, 0.2) is 19.3 Å². The predicted octanol–water partition coefficient (Wildman–Crippen LogP) is 1.75. The first-order chi connectivity index (χ1) is 10.9. The Morgan fingerprint density at radius 2 is 0.917 bits per heavy atom. The molecule has 0 saturated carbocycles. The van der Waals surface area contributed by atoms with Gasteiger partial charge in [0.2, 0.25) is 0 Å².